The molecule has 0 unspecified atom stereocenters. The zero-order valence-electron chi connectivity index (χ0n) is 17.9. The summed E-state index contributed by atoms with van der Waals surface area (Å²) in [5.41, 5.74) is 3.34. The molecule has 2 aromatic rings. The molecule has 32 heavy (non-hydrogen) atoms. The predicted octanol–water partition coefficient (Wildman–Crippen LogP) is 2.90. The maximum absolute atomic E-state index is 13.5. The highest BCUT2D eigenvalue weighted by Crippen LogP contribution is 2.49. The first kappa shape index (κ1) is 20.2. The average molecular weight is 430 g/mol. The molecule has 162 valence electrons. The van der Waals surface area contributed by atoms with E-state index < -0.39 is 23.8 Å². The summed E-state index contributed by atoms with van der Waals surface area (Å²) in [6.45, 7) is 4.77. The van der Waals surface area contributed by atoms with Crippen LogP contribution in [0.5, 0.6) is 5.75 Å². The number of ketones is 1. The molecule has 0 aromatic heterocycles. The fourth-order valence-corrected chi connectivity index (χ4v) is 5.24. The zero-order valence-corrected chi connectivity index (χ0v) is 17.9. The normalized spacial score (nSPS) is 25.5. The molecule has 0 radical (unpaired) electrons. The van der Waals surface area contributed by atoms with Crippen LogP contribution in [0.4, 0.5) is 11.4 Å². The number of carbonyl (C=O) groups is 4. The first-order valence-corrected chi connectivity index (χ1v) is 10.5. The molecule has 7 heteroatoms. The van der Waals surface area contributed by atoms with Crippen molar-refractivity contribution in [3.05, 3.63) is 59.7 Å². The van der Waals surface area contributed by atoms with Crippen LogP contribution >= 0.6 is 0 Å². The number of nitrogens with zero attached hydrogens (tertiary/aromatic N) is 2. The van der Waals surface area contributed by atoms with Gasteiger partial charge in [-0.3, -0.25) is 19.2 Å². The second-order valence-electron chi connectivity index (χ2n) is 8.53. The molecule has 2 saturated heterocycles. The van der Waals surface area contributed by atoms with Gasteiger partial charge in [0.15, 0.2) is 5.78 Å². The van der Waals surface area contributed by atoms with Crippen LogP contribution in [-0.2, 0) is 19.2 Å². The Morgan fingerprint density at radius 3 is 2.28 bits per heavy atom. The maximum Gasteiger partial charge on any atom is 0.308 e. The third-order valence-corrected chi connectivity index (χ3v) is 6.43. The number of amides is 2. The Labute approximate surface area is 185 Å². The van der Waals surface area contributed by atoms with Crippen LogP contribution in [0.3, 0.4) is 0 Å². The number of hydrogen-bond acceptors (Lipinski definition) is 6. The van der Waals surface area contributed by atoms with Crippen molar-refractivity contribution >= 4 is 41.0 Å². The number of fused-ring (bicyclic) bond motifs is 5. The van der Waals surface area contributed by atoms with Crippen LogP contribution in [-0.4, -0.2) is 35.7 Å². The topological polar surface area (TPSA) is 84.0 Å². The Kier molecular flexibility index (Phi) is 4.51. The molecule has 0 spiro atoms. The third kappa shape index (κ3) is 2.88. The summed E-state index contributed by atoms with van der Waals surface area (Å²) in [4.78, 5) is 54.0. The maximum atomic E-state index is 13.5. The highest BCUT2D eigenvalue weighted by Gasteiger charge is 2.63. The molecule has 0 bridgehead atoms. The number of aryl methyl sites for hydroxylation is 1. The lowest BCUT2D eigenvalue weighted by atomic mass is 9.88. The molecule has 3 aliphatic heterocycles. The Balaban J connectivity index is 1.54. The molecule has 3 aliphatic rings. The smallest absolute Gasteiger partial charge is 0.308 e. The van der Waals surface area contributed by atoms with Crippen molar-refractivity contribution in [1.29, 1.82) is 0 Å². The average Bonchev–Trinajstić information content (AvgIpc) is 3.21. The van der Waals surface area contributed by atoms with Crippen LogP contribution in [0.2, 0.25) is 0 Å². The van der Waals surface area contributed by atoms with E-state index in [9.17, 15) is 19.2 Å². The van der Waals surface area contributed by atoms with E-state index >= 15 is 0 Å². The summed E-state index contributed by atoms with van der Waals surface area (Å²) in [6.07, 6.45) is 3.90. The van der Waals surface area contributed by atoms with Crippen molar-refractivity contribution in [3.8, 4) is 5.75 Å². The Morgan fingerprint density at radius 1 is 0.938 bits per heavy atom. The molecule has 5 rings (SSSR count). The zero-order chi connectivity index (χ0) is 22.7. The van der Waals surface area contributed by atoms with Gasteiger partial charge in [-0.1, -0.05) is 23.8 Å². The van der Waals surface area contributed by atoms with Gasteiger partial charge < -0.3 is 9.64 Å². The van der Waals surface area contributed by atoms with E-state index in [4.69, 9.17) is 4.74 Å². The van der Waals surface area contributed by atoms with Gasteiger partial charge in [-0.25, -0.2) is 4.90 Å². The number of esters is 1. The first-order valence-electron chi connectivity index (χ1n) is 10.5. The van der Waals surface area contributed by atoms with E-state index in [0.717, 1.165) is 16.8 Å². The van der Waals surface area contributed by atoms with E-state index in [1.807, 2.05) is 42.2 Å². The van der Waals surface area contributed by atoms with Crippen LogP contribution in [0, 0.1) is 18.8 Å². The molecule has 2 aromatic carbocycles. The fraction of sp³-hybridized carbons (Fsp3) is 0.280. The van der Waals surface area contributed by atoms with Crippen molar-refractivity contribution in [1.82, 2.24) is 0 Å². The van der Waals surface area contributed by atoms with Crippen molar-refractivity contribution < 1.29 is 23.9 Å². The number of rotatable bonds is 3. The lowest BCUT2D eigenvalue weighted by Crippen LogP contribution is -2.48. The Morgan fingerprint density at radius 2 is 1.62 bits per heavy atom. The minimum absolute atomic E-state index is 0.141. The van der Waals surface area contributed by atoms with Crippen molar-refractivity contribution in [2.75, 3.05) is 9.80 Å². The van der Waals surface area contributed by atoms with E-state index in [1.165, 1.54) is 18.7 Å². The van der Waals surface area contributed by atoms with Crippen LogP contribution < -0.4 is 14.5 Å². The predicted molar refractivity (Wildman–Crippen MR) is 118 cm³/mol. The molecule has 0 saturated carbocycles. The minimum atomic E-state index is -0.755. The van der Waals surface area contributed by atoms with Gasteiger partial charge in [0.25, 0.3) is 0 Å². The van der Waals surface area contributed by atoms with Gasteiger partial charge in [0.1, 0.15) is 11.8 Å². The summed E-state index contributed by atoms with van der Waals surface area (Å²) < 4.78 is 5.03. The summed E-state index contributed by atoms with van der Waals surface area (Å²) >= 11 is 0. The van der Waals surface area contributed by atoms with E-state index in [1.54, 1.807) is 24.3 Å². The van der Waals surface area contributed by atoms with Gasteiger partial charge in [-0.15, -0.1) is 0 Å². The van der Waals surface area contributed by atoms with Crippen molar-refractivity contribution in [3.63, 3.8) is 0 Å². The molecule has 3 heterocycles. The van der Waals surface area contributed by atoms with Crippen LogP contribution in [0.25, 0.3) is 6.08 Å². The van der Waals surface area contributed by atoms with Gasteiger partial charge in [0, 0.05) is 12.6 Å². The van der Waals surface area contributed by atoms with E-state index in [2.05, 4.69) is 0 Å². The second-order valence-corrected chi connectivity index (χ2v) is 8.53. The molecule has 0 aliphatic carbocycles. The lowest BCUT2D eigenvalue weighted by molar-refractivity contribution is -0.132. The number of Topliss-reactive ketones (excluding diaryl/α,β-unsaturated/α-hetero) is 1. The highest BCUT2D eigenvalue weighted by atomic mass is 16.5. The first-order chi connectivity index (χ1) is 15.3. The third-order valence-electron chi connectivity index (χ3n) is 6.43. The molecule has 2 amide bonds. The van der Waals surface area contributed by atoms with Gasteiger partial charge >= 0.3 is 5.97 Å². The van der Waals surface area contributed by atoms with Crippen molar-refractivity contribution in [2.45, 2.75) is 32.9 Å². The number of ether oxygens (including phenoxy) is 1. The number of hydrogen-bond donors (Lipinski definition) is 0. The fourth-order valence-electron chi connectivity index (χ4n) is 5.24. The Hall–Kier alpha value is -3.74. The minimum Gasteiger partial charge on any atom is -0.427 e. The molecular formula is C25H22N2O5. The number of carbonyl (C=O) groups excluding carboxylic acids is 4. The monoisotopic (exact) mass is 430 g/mol. The lowest BCUT2D eigenvalue weighted by Gasteiger charge is -2.36. The van der Waals surface area contributed by atoms with E-state index in [0.29, 0.717) is 11.4 Å². The number of anilines is 2. The summed E-state index contributed by atoms with van der Waals surface area (Å²) in [5.74, 6) is -2.36. The molecular weight excluding hydrogens is 408 g/mol. The summed E-state index contributed by atoms with van der Waals surface area (Å²) in [7, 11) is 0. The number of benzene rings is 2. The Bertz CT molecular complexity index is 1200. The van der Waals surface area contributed by atoms with Crippen LogP contribution in [0.1, 0.15) is 25.0 Å². The summed E-state index contributed by atoms with van der Waals surface area (Å²) in [6, 6.07) is 11.1. The van der Waals surface area contributed by atoms with Gasteiger partial charge in [-0.2, -0.15) is 0 Å². The van der Waals surface area contributed by atoms with E-state index in [-0.39, 0.29) is 23.6 Å². The molecule has 0 N–H and O–H groups in total. The van der Waals surface area contributed by atoms with Crippen molar-refractivity contribution in [2.24, 2.45) is 11.8 Å². The van der Waals surface area contributed by atoms with Gasteiger partial charge in [0.05, 0.1) is 23.6 Å². The summed E-state index contributed by atoms with van der Waals surface area (Å²) in [5, 5.41) is 0. The molecule has 4 atom stereocenters. The second kappa shape index (κ2) is 7.15. The molecule has 2 fully saturated rings. The SMILES string of the molecule is CC(=O)Oc1ccc(N2C(=O)[C@@H]3[C@@H](C2=O)[C@H](C(C)=O)N2c4ccc(C)cc4C=C[C@H]32)cc1. The van der Waals surface area contributed by atoms with Gasteiger partial charge in [-0.05, 0) is 55.8 Å². The largest absolute Gasteiger partial charge is 0.427 e. The standard InChI is InChI=1S/C25H22N2O5/c1-13-4-10-19-16(12-13)5-11-20-21-22(23(14(2)28)27(19)20)25(31)26(24(21)30)17-6-8-18(9-7-17)32-15(3)29/h4-12,20-23H,1-3H3/t20-,21+,22-,23+/m1/s1. The van der Waals surface area contributed by atoms with Crippen LogP contribution in [0.15, 0.2) is 48.5 Å². The highest BCUT2D eigenvalue weighted by molar-refractivity contribution is 6.24. The number of imide groups is 1. The molecule has 7 nitrogen and oxygen atoms in total. The quantitative estimate of drug-likeness (QED) is 0.423. The van der Waals surface area contributed by atoms with Gasteiger partial charge in [0.2, 0.25) is 11.8 Å².